The first-order valence-electron chi connectivity index (χ1n) is 15.9. The van der Waals surface area contributed by atoms with E-state index in [9.17, 15) is 48.9 Å². The third-order valence-electron chi connectivity index (χ3n) is 8.41. The molecule has 2 fully saturated rings. The van der Waals surface area contributed by atoms with Crippen molar-refractivity contribution in [3.8, 4) is 0 Å². The summed E-state index contributed by atoms with van der Waals surface area (Å²) in [6.45, 7) is 0.638. The van der Waals surface area contributed by atoms with Gasteiger partial charge < -0.3 is 77.2 Å². The van der Waals surface area contributed by atoms with Crippen LogP contribution in [0.3, 0.4) is 0 Å². The Kier molecular flexibility index (Phi) is 14.2. The Labute approximate surface area is 291 Å². The molecule has 3 rings (SSSR count). The first-order valence-corrected chi connectivity index (χ1v) is 15.9. The number of aliphatic imine (C=N–C) groups is 1. The lowest BCUT2D eigenvalue weighted by molar-refractivity contribution is -0.219. The lowest BCUT2D eigenvalue weighted by atomic mass is 9.94. The number of fused-ring (bicyclic) bond motifs is 1. The quantitative estimate of drug-likeness (QED) is 0.0550. The summed E-state index contributed by atoms with van der Waals surface area (Å²) in [5.41, 5.74) is 5.25. The summed E-state index contributed by atoms with van der Waals surface area (Å²) in [6.07, 6.45) is -8.81. The number of esters is 1. The average molecular weight is 732 g/mol. The summed E-state index contributed by atoms with van der Waals surface area (Å²) in [4.78, 5) is 91.9. The van der Waals surface area contributed by atoms with Crippen LogP contribution in [0.15, 0.2) is 4.99 Å². The first kappa shape index (κ1) is 40.6. The number of rotatable bonds is 15. The van der Waals surface area contributed by atoms with Crippen LogP contribution in [0.4, 0.5) is 4.79 Å². The molecule has 0 spiro atoms. The summed E-state index contributed by atoms with van der Waals surface area (Å²) in [7, 11) is 2.84. The van der Waals surface area contributed by atoms with Crippen molar-refractivity contribution >= 4 is 47.6 Å². The average Bonchev–Trinajstić information content (AvgIpc) is 3.50. The zero-order valence-electron chi connectivity index (χ0n) is 28.2. The van der Waals surface area contributed by atoms with Crippen molar-refractivity contribution in [1.29, 1.82) is 0 Å². The van der Waals surface area contributed by atoms with Gasteiger partial charge in [-0.1, -0.05) is 6.92 Å². The van der Waals surface area contributed by atoms with Crippen LogP contribution in [0.1, 0.15) is 20.3 Å². The molecule has 11 atom stereocenters. The number of likely N-dealkylation sites (N-methyl/N-ethyl adjacent to an activating group) is 2. The molecule has 0 radical (unpaired) electrons. The van der Waals surface area contributed by atoms with E-state index in [2.05, 4.69) is 36.9 Å². The lowest BCUT2D eigenvalue weighted by Crippen LogP contribution is -2.70. The molecule has 0 bridgehead atoms. The third-order valence-corrected chi connectivity index (χ3v) is 8.41. The largest absolute Gasteiger partial charge is 0.480 e. The fourth-order valence-electron chi connectivity index (χ4n) is 5.60. The number of carboxylic acids is 1. The van der Waals surface area contributed by atoms with Crippen molar-refractivity contribution in [2.75, 3.05) is 40.4 Å². The van der Waals surface area contributed by atoms with E-state index in [1.807, 2.05) is 0 Å². The lowest BCUT2D eigenvalue weighted by Gasteiger charge is -2.47. The molecule has 3 heterocycles. The van der Waals surface area contributed by atoms with Crippen LogP contribution in [0.2, 0.25) is 0 Å². The number of aliphatic carboxylic acids is 1. The number of nitrogens with zero attached hydrogens (tertiary/aromatic N) is 2. The molecule has 5 unspecified atom stereocenters. The summed E-state index contributed by atoms with van der Waals surface area (Å²) in [6, 6.07) is -6.22. The van der Waals surface area contributed by atoms with Crippen LogP contribution in [0.5, 0.6) is 0 Å². The molecule has 23 nitrogen and oxygen atoms in total. The number of guanidine groups is 1. The van der Waals surface area contributed by atoms with E-state index in [1.165, 1.54) is 27.9 Å². The second-order valence-electron chi connectivity index (χ2n) is 12.0. The van der Waals surface area contributed by atoms with Crippen molar-refractivity contribution in [2.45, 2.75) is 81.1 Å². The molecule has 286 valence electrons. The minimum absolute atomic E-state index is 0.0383. The highest BCUT2D eigenvalue weighted by Crippen LogP contribution is 2.27. The number of aliphatic hydroxyl groups is 3. The summed E-state index contributed by atoms with van der Waals surface area (Å²) in [5.74, 6) is -7.05. The third kappa shape index (κ3) is 9.90. The van der Waals surface area contributed by atoms with E-state index in [0.29, 0.717) is 0 Å². The van der Waals surface area contributed by atoms with Crippen molar-refractivity contribution in [3.63, 3.8) is 0 Å². The zero-order chi connectivity index (χ0) is 38.2. The molecule has 5 amide bonds. The van der Waals surface area contributed by atoms with Gasteiger partial charge in [0.05, 0.1) is 25.3 Å². The van der Waals surface area contributed by atoms with Gasteiger partial charge in [-0.2, -0.15) is 0 Å². The minimum Gasteiger partial charge on any atom is -0.480 e. The van der Waals surface area contributed by atoms with Gasteiger partial charge >= 0.3 is 18.0 Å². The molecular formula is C28H45N9O14. The fourth-order valence-corrected chi connectivity index (χ4v) is 5.60. The van der Waals surface area contributed by atoms with Gasteiger partial charge in [-0.05, 0) is 20.4 Å². The molecular weight excluding hydrogens is 686 g/mol. The Bertz CT molecular complexity index is 1370. The van der Waals surface area contributed by atoms with Gasteiger partial charge in [0.2, 0.25) is 23.6 Å². The SMILES string of the molecule is CCC(C(=O)NC(C)C(=O)O)C(=O)N[C@@H](CO)C(=O)OC[C@H]1O[C@@H](NC2=NC3C(=O)NCC(O)C3N2)[C@H](N(C)C(=O)CNC)[C@H](O)[C@H]1OC(N)=O. The van der Waals surface area contributed by atoms with Gasteiger partial charge in [-0.3, -0.25) is 24.0 Å². The Balaban J connectivity index is 1.82. The molecule has 51 heavy (non-hydrogen) atoms. The van der Waals surface area contributed by atoms with E-state index in [-0.39, 0.29) is 25.5 Å². The van der Waals surface area contributed by atoms with Crippen LogP contribution < -0.4 is 37.6 Å². The Morgan fingerprint density at radius 1 is 1.16 bits per heavy atom. The number of carbonyl (C=O) groups is 7. The van der Waals surface area contributed by atoms with E-state index in [0.717, 1.165) is 4.90 Å². The fraction of sp³-hybridized carbons (Fsp3) is 0.714. The molecule has 2 saturated heterocycles. The number of aliphatic hydroxyl groups excluding tert-OH is 3. The number of hydrogen-bond donors (Lipinski definition) is 11. The number of amides is 5. The predicted molar refractivity (Wildman–Crippen MR) is 169 cm³/mol. The predicted octanol–water partition coefficient (Wildman–Crippen LogP) is -7.01. The number of nitrogens with two attached hydrogens (primary N) is 1. The highest BCUT2D eigenvalue weighted by atomic mass is 16.6. The molecule has 0 aliphatic carbocycles. The number of primary amides is 1. The molecule has 0 aromatic carbocycles. The van der Waals surface area contributed by atoms with Crippen molar-refractivity contribution in [1.82, 2.24) is 36.8 Å². The maximum Gasteiger partial charge on any atom is 0.404 e. The maximum atomic E-state index is 13.0. The molecule has 0 aromatic heterocycles. The first-order chi connectivity index (χ1) is 24.0. The number of nitrogens with one attached hydrogen (secondary N) is 6. The van der Waals surface area contributed by atoms with E-state index < -0.39 is 122 Å². The zero-order valence-corrected chi connectivity index (χ0v) is 28.2. The van der Waals surface area contributed by atoms with Crippen LogP contribution >= 0.6 is 0 Å². The van der Waals surface area contributed by atoms with Crippen LogP contribution in [0, 0.1) is 5.92 Å². The molecule has 0 aromatic rings. The minimum atomic E-state index is -1.76. The number of carbonyl (C=O) groups excluding carboxylic acids is 6. The summed E-state index contributed by atoms with van der Waals surface area (Å²) in [5, 5.41) is 56.0. The van der Waals surface area contributed by atoms with Crippen molar-refractivity contribution in [3.05, 3.63) is 0 Å². The van der Waals surface area contributed by atoms with Gasteiger partial charge in [-0.15, -0.1) is 0 Å². The monoisotopic (exact) mass is 731 g/mol. The van der Waals surface area contributed by atoms with Crippen LogP contribution in [-0.2, 0) is 43.0 Å². The number of piperidine rings is 1. The van der Waals surface area contributed by atoms with Crippen molar-refractivity contribution in [2.24, 2.45) is 16.6 Å². The highest BCUT2D eigenvalue weighted by molar-refractivity contribution is 6.02. The molecule has 12 N–H and O–H groups in total. The van der Waals surface area contributed by atoms with Crippen LogP contribution in [-0.4, -0.2) is 174 Å². The number of carboxylic acid groups (broad SMARTS) is 1. The van der Waals surface area contributed by atoms with Gasteiger partial charge in [0.1, 0.15) is 36.8 Å². The Morgan fingerprint density at radius 3 is 2.39 bits per heavy atom. The summed E-state index contributed by atoms with van der Waals surface area (Å²) < 4.78 is 16.4. The van der Waals surface area contributed by atoms with Gasteiger partial charge in [0.15, 0.2) is 30.4 Å². The summed E-state index contributed by atoms with van der Waals surface area (Å²) >= 11 is 0. The van der Waals surface area contributed by atoms with Gasteiger partial charge in [0.25, 0.3) is 0 Å². The van der Waals surface area contributed by atoms with E-state index >= 15 is 0 Å². The smallest absolute Gasteiger partial charge is 0.404 e. The number of β-amino-alcohol motifs (C(OH)–C–C–N with tert-alkyl or cyclic N) is 1. The standard InChI is InChI=1S/C28H45N9O14/c1-5-11(21(42)32-10(2)25(45)46)22(43)33-12(8-38)26(47)49-9-14-20(51-27(29)48)19(41)18(37(4)15(40)7-30-3)24(50-14)36-28-34-16-13(39)6-31-23(44)17(16)35-28/h10-14,16-20,24,30,38-39,41H,5-9H2,1-4H3,(H2,29,48)(H,31,44)(H,32,42)(H,33,43)(H,45,46)(H2,34,35,36)/t10?,11?,12-,13?,14+,16?,17?,18+,19-,20-,24+/m0/s1. The number of ether oxygens (including phenoxy) is 3. The van der Waals surface area contributed by atoms with Crippen molar-refractivity contribution < 1.29 is 68.2 Å². The molecule has 23 heteroatoms. The van der Waals surface area contributed by atoms with Gasteiger partial charge in [0, 0.05) is 13.6 Å². The Morgan fingerprint density at radius 2 is 1.82 bits per heavy atom. The highest BCUT2D eigenvalue weighted by Gasteiger charge is 2.52. The second kappa shape index (κ2) is 17.9. The number of hydrogen-bond acceptors (Lipinski definition) is 17. The normalized spacial score (nSPS) is 28.6. The van der Waals surface area contributed by atoms with E-state index in [1.54, 1.807) is 0 Å². The molecule has 3 aliphatic heterocycles. The Hall–Kier alpha value is -4.84. The molecule has 0 saturated carbocycles. The molecule has 3 aliphatic rings. The van der Waals surface area contributed by atoms with Gasteiger partial charge in [-0.25, -0.2) is 14.6 Å². The van der Waals surface area contributed by atoms with Crippen LogP contribution in [0.25, 0.3) is 0 Å². The topological polar surface area (TPSA) is 342 Å². The van der Waals surface area contributed by atoms with E-state index in [4.69, 9.17) is 25.1 Å². The maximum absolute atomic E-state index is 13.0. The second-order valence-corrected chi connectivity index (χ2v) is 12.0.